The van der Waals surface area contributed by atoms with Crippen molar-refractivity contribution in [1.29, 1.82) is 0 Å². The van der Waals surface area contributed by atoms with E-state index in [4.69, 9.17) is 33.5 Å². The van der Waals surface area contributed by atoms with Gasteiger partial charge < -0.3 is 33.5 Å². The number of carbonyl (C=O) groups excluding carboxylic acids is 1. The predicted molar refractivity (Wildman–Crippen MR) is 97.9 cm³/mol. The molecular formula is C20H24O8. The molecule has 1 aromatic carbocycles. The molecule has 0 aromatic heterocycles. The third-order valence-corrected chi connectivity index (χ3v) is 4.18. The molecule has 8 nitrogen and oxygen atoms in total. The second-order valence-corrected chi connectivity index (χ2v) is 6.13. The van der Waals surface area contributed by atoms with Gasteiger partial charge in [-0.05, 0) is 23.8 Å². The van der Waals surface area contributed by atoms with Gasteiger partial charge in [0, 0.05) is 12.3 Å². The first-order valence-electron chi connectivity index (χ1n) is 9.07. The first kappa shape index (κ1) is 20.2. The van der Waals surface area contributed by atoms with E-state index in [2.05, 4.69) is 6.58 Å². The maximum atomic E-state index is 12.3. The second kappa shape index (κ2) is 10.1. The van der Waals surface area contributed by atoms with Crippen LogP contribution < -0.4 is 9.47 Å². The quantitative estimate of drug-likeness (QED) is 0.367. The van der Waals surface area contributed by atoms with Crippen LogP contribution in [0.5, 0.6) is 11.5 Å². The summed E-state index contributed by atoms with van der Waals surface area (Å²) in [4.78, 5) is 12.3. The van der Waals surface area contributed by atoms with Crippen LogP contribution in [-0.4, -0.2) is 57.2 Å². The number of carbonyl (C=O) groups is 1. The molecule has 2 heterocycles. The summed E-state index contributed by atoms with van der Waals surface area (Å²) in [6, 6.07) is 5.66. The number of fused-ring (bicyclic) bond motifs is 1. The van der Waals surface area contributed by atoms with Crippen LogP contribution in [0.1, 0.15) is 17.9 Å². The third-order valence-electron chi connectivity index (χ3n) is 4.18. The van der Waals surface area contributed by atoms with E-state index in [1.165, 1.54) is 6.08 Å². The minimum Gasteiger partial charge on any atom is -0.458 e. The van der Waals surface area contributed by atoms with Crippen LogP contribution in [0, 0.1) is 0 Å². The Morgan fingerprint density at radius 2 is 2.11 bits per heavy atom. The van der Waals surface area contributed by atoms with Gasteiger partial charge in [0.05, 0.1) is 26.4 Å². The van der Waals surface area contributed by atoms with E-state index in [0.717, 1.165) is 5.56 Å². The molecular weight excluding hydrogens is 368 g/mol. The number of hydrogen-bond acceptors (Lipinski definition) is 8. The van der Waals surface area contributed by atoms with Gasteiger partial charge in [0.25, 0.3) is 0 Å². The molecule has 28 heavy (non-hydrogen) atoms. The monoisotopic (exact) mass is 392 g/mol. The average Bonchev–Trinajstić information content (AvgIpc) is 3.19. The summed E-state index contributed by atoms with van der Waals surface area (Å²) in [5, 5.41) is 8.73. The molecule has 2 atom stereocenters. The minimum atomic E-state index is -0.635. The van der Waals surface area contributed by atoms with E-state index in [0.29, 0.717) is 24.5 Å². The van der Waals surface area contributed by atoms with Crippen molar-refractivity contribution in [2.24, 2.45) is 0 Å². The Morgan fingerprint density at radius 3 is 2.93 bits per heavy atom. The molecule has 0 saturated carbocycles. The first-order valence-corrected chi connectivity index (χ1v) is 9.07. The zero-order chi connectivity index (χ0) is 19.8. The summed E-state index contributed by atoms with van der Waals surface area (Å²) in [7, 11) is 0. The smallest absolute Gasteiger partial charge is 0.373 e. The summed E-state index contributed by atoms with van der Waals surface area (Å²) in [6.07, 6.45) is 3.09. The molecule has 0 bridgehead atoms. The zero-order valence-electron chi connectivity index (χ0n) is 15.5. The van der Waals surface area contributed by atoms with Crippen molar-refractivity contribution in [1.82, 2.24) is 0 Å². The average molecular weight is 392 g/mol. The Morgan fingerprint density at radius 1 is 1.25 bits per heavy atom. The normalized spacial score (nSPS) is 20.2. The molecule has 2 aliphatic rings. The number of ether oxygens (including phenoxy) is 6. The van der Waals surface area contributed by atoms with Gasteiger partial charge in [-0.25, -0.2) is 4.79 Å². The summed E-state index contributed by atoms with van der Waals surface area (Å²) in [5.41, 5.74) is 0.951. The van der Waals surface area contributed by atoms with Gasteiger partial charge in [-0.2, -0.15) is 0 Å². The molecule has 0 spiro atoms. The van der Waals surface area contributed by atoms with Crippen LogP contribution in [0.15, 0.2) is 42.7 Å². The van der Waals surface area contributed by atoms with E-state index in [-0.39, 0.29) is 44.9 Å². The van der Waals surface area contributed by atoms with E-state index >= 15 is 0 Å². The molecule has 8 heteroatoms. The standard InChI is InChI=1S/C20H24O8/c1-2-6-25-20(22)18-11-15(12-19(28-18)24-9-8-23-7-5-21)14-3-4-16-17(10-14)27-13-26-16/h2-4,10-11,15,19,21H,1,5-9,12-13H2/t15-,19?/m0/s1. The molecule has 0 aliphatic carbocycles. The topological polar surface area (TPSA) is 92.7 Å². The lowest BCUT2D eigenvalue weighted by atomic mass is 9.92. The Hall–Kier alpha value is -2.55. The number of benzene rings is 1. The van der Waals surface area contributed by atoms with Crippen molar-refractivity contribution in [2.45, 2.75) is 18.6 Å². The fourth-order valence-electron chi connectivity index (χ4n) is 2.89. The lowest BCUT2D eigenvalue weighted by molar-refractivity contribution is -0.163. The number of allylic oxidation sites excluding steroid dienone is 1. The van der Waals surface area contributed by atoms with E-state index in [1.54, 1.807) is 6.08 Å². The van der Waals surface area contributed by atoms with E-state index in [1.807, 2.05) is 18.2 Å². The lowest BCUT2D eigenvalue weighted by Crippen LogP contribution is -2.29. The van der Waals surface area contributed by atoms with Gasteiger partial charge in [0.1, 0.15) is 6.61 Å². The van der Waals surface area contributed by atoms with Crippen LogP contribution in [0.2, 0.25) is 0 Å². The fraction of sp³-hybridized carbons (Fsp3) is 0.450. The summed E-state index contributed by atoms with van der Waals surface area (Å²) in [6.45, 7) is 4.60. The highest BCUT2D eigenvalue weighted by Gasteiger charge is 2.30. The van der Waals surface area contributed by atoms with E-state index in [9.17, 15) is 4.79 Å². The van der Waals surface area contributed by atoms with Crippen LogP contribution in [-0.2, 0) is 23.7 Å². The van der Waals surface area contributed by atoms with Crippen molar-refractivity contribution in [2.75, 3.05) is 39.8 Å². The summed E-state index contributed by atoms with van der Waals surface area (Å²) in [5.74, 6) is 0.757. The molecule has 0 radical (unpaired) electrons. The van der Waals surface area contributed by atoms with Gasteiger partial charge >= 0.3 is 5.97 Å². The molecule has 1 aromatic rings. The van der Waals surface area contributed by atoms with Crippen LogP contribution >= 0.6 is 0 Å². The predicted octanol–water partition coefficient (Wildman–Crippen LogP) is 1.88. The minimum absolute atomic E-state index is 0.0475. The highest BCUT2D eigenvalue weighted by atomic mass is 16.7. The molecule has 0 amide bonds. The number of aliphatic hydroxyl groups excluding tert-OH is 1. The highest BCUT2D eigenvalue weighted by Crippen LogP contribution is 2.38. The molecule has 1 N–H and O–H groups in total. The second-order valence-electron chi connectivity index (χ2n) is 6.13. The molecule has 3 rings (SSSR count). The molecule has 0 fully saturated rings. The summed E-state index contributed by atoms with van der Waals surface area (Å²) >= 11 is 0. The van der Waals surface area contributed by atoms with Crippen molar-refractivity contribution in [3.8, 4) is 11.5 Å². The molecule has 152 valence electrons. The van der Waals surface area contributed by atoms with Gasteiger partial charge in [0.15, 0.2) is 11.5 Å². The Bertz CT molecular complexity index is 714. The fourth-order valence-corrected chi connectivity index (χ4v) is 2.89. The van der Waals surface area contributed by atoms with Crippen LogP contribution in [0.25, 0.3) is 0 Å². The van der Waals surface area contributed by atoms with Gasteiger partial charge in [0.2, 0.25) is 18.8 Å². The van der Waals surface area contributed by atoms with Crippen molar-refractivity contribution in [3.63, 3.8) is 0 Å². The number of hydrogen-bond donors (Lipinski definition) is 1. The molecule has 2 aliphatic heterocycles. The van der Waals surface area contributed by atoms with Gasteiger partial charge in [-0.1, -0.05) is 18.7 Å². The number of rotatable bonds is 10. The molecule has 0 saturated heterocycles. The SMILES string of the molecule is C=CCOC(=O)C1=C[C@H](c2ccc3c(c2)OCO3)CC(OCCOCCO)O1. The number of aliphatic hydroxyl groups is 1. The van der Waals surface area contributed by atoms with Crippen LogP contribution in [0.4, 0.5) is 0 Å². The number of esters is 1. The van der Waals surface area contributed by atoms with Crippen molar-refractivity contribution >= 4 is 5.97 Å². The lowest BCUT2D eigenvalue weighted by Gasteiger charge is -2.29. The van der Waals surface area contributed by atoms with Gasteiger partial charge in [-0.3, -0.25) is 0 Å². The van der Waals surface area contributed by atoms with Crippen molar-refractivity contribution in [3.05, 3.63) is 48.3 Å². The Labute approximate surface area is 163 Å². The maximum absolute atomic E-state index is 12.3. The van der Waals surface area contributed by atoms with Crippen molar-refractivity contribution < 1.29 is 38.3 Å². The largest absolute Gasteiger partial charge is 0.458 e. The first-order chi connectivity index (χ1) is 13.7. The third kappa shape index (κ3) is 5.25. The van der Waals surface area contributed by atoms with Gasteiger partial charge in [-0.15, -0.1) is 0 Å². The van der Waals surface area contributed by atoms with E-state index < -0.39 is 12.3 Å². The Kier molecular flexibility index (Phi) is 7.30. The molecule has 1 unspecified atom stereocenters. The zero-order valence-corrected chi connectivity index (χ0v) is 15.5. The summed E-state index contributed by atoms with van der Waals surface area (Å²) < 4.78 is 32.4. The highest BCUT2D eigenvalue weighted by molar-refractivity contribution is 5.86. The maximum Gasteiger partial charge on any atom is 0.373 e. The Balaban J connectivity index is 1.70. The van der Waals surface area contributed by atoms with Crippen LogP contribution in [0.3, 0.4) is 0 Å².